The number of amides is 1. The second-order valence-electron chi connectivity index (χ2n) is 5.99. The third kappa shape index (κ3) is 2.89. The Kier molecular flexibility index (Phi) is 3.96. The van der Waals surface area contributed by atoms with E-state index >= 15 is 0 Å². The van der Waals surface area contributed by atoms with Gasteiger partial charge in [-0.2, -0.15) is 4.37 Å². The maximum absolute atomic E-state index is 12.6. The molecule has 0 radical (unpaired) electrons. The second kappa shape index (κ2) is 6.29. The molecule has 3 heterocycles. The van der Waals surface area contributed by atoms with Crippen molar-refractivity contribution in [3.63, 3.8) is 0 Å². The Bertz CT molecular complexity index is 988. The van der Waals surface area contributed by atoms with E-state index in [9.17, 15) is 9.59 Å². The summed E-state index contributed by atoms with van der Waals surface area (Å²) in [6.45, 7) is 4.18. The molecule has 1 N–H and O–H groups in total. The maximum Gasteiger partial charge on any atom is 0.263 e. The Hall–Kier alpha value is -2.74. The Morgan fingerprint density at radius 3 is 2.72 bits per heavy atom. The van der Waals surface area contributed by atoms with E-state index in [0.717, 1.165) is 15.9 Å². The molecule has 0 unspecified atom stereocenters. The standard InChI is InChI=1S/C17H17N5O2S/c1-11-18-10-13(16(23)19-11)17(24)22-8-6-21(7-9-22)15-12-4-2-3-5-14(12)25-20-15/h2-5,10H,6-9H2,1H3,(H,18,19,23). The number of aryl methyl sites for hydroxylation is 1. The van der Waals surface area contributed by atoms with E-state index < -0.39 is 0 Å². The summed E-state index contributed by atoms with van der Waals surface area (Å²) in [4.78, 5) is 35.0. The molecule has 1 amide bonds. The number of aromatic amines is 1. The molecule has 0 bridgehead atoms. The third-order valence-electron chi connectivity index (χ3n) is 4.38. The van der Waals surface area contributed by atoms with Gasteiger partial charge >= 0.3 is 0 Å². The SMILES string of the molecule is Cc1ncc(C(=O)N2CCN(c3nsc4ccccc34)CC2)c(=O)[nH]1. The molecule has 1 aliphatic heterocycles. The smallest absolute Gasteiger partial charge is 0.263 e. The van der Waals surface area contributed by atoms with E-state index in [-0.39, 0.29) is 17.0 Å². The monoisotopic (exact) mass is 355 g/mol. The van der Waals surface area contributed by atoms with Crippen molar-refractivity contribution < 1.29 is 4.79 Å². The zero-order chi connectivity index (χ0) is 17.4. The van der Waals surface area contributed by atoms with E-state index in [1.165, 1.54) is 17.7 Å². The molecule has 0 spiro atoms. The first-order valence-corrected chi connectivity index (χ1v) is 8.85. The fraction of sp³-hybridized carbons (Fsp3) is 0.294. The lowest BCUT2D eigenvalue weighted by Gasteiger charge is -2.34. The van der Waals surface area contributed by atoms with Gasteiger partial charge in [0.05, 0.1) is 4.70 Å². The highest BCUT2D eigenvalue weighted by molar-refractivity contribution is 7.13. The number of nitrogens with zero attached hydrogens (tertiary/aromatic N) is 4. The van der Waals surface area contributed by atoms with Crippen molar-refractivity contribution in [1.29, 1.82) is 0 Å². The van der Waals surface area contributed by atoms with Crippen LogP contribution in [0.4, 0.5) is 5.82 Å². The summed E-state index contributed by atoms with van der Waals surface area (Å²) in [6, 6.07) is 8.15. The highest BCUT2D eigenvalue weighted by Crippen LogP contribution is 2.29. The van der Waals surface area contributed by atoms with Crippen molar-refractivity contribution in [2.75, 3.05) is 31.1 Å². The first kappa shape index (κ1) is 15.8. The van der Waals surface area contributed by atoms with Crippen LogP contribution in [0.3, 0.4) is 0 Å². The van der Waals surface area contributed by atoms with Crippen LogP contribution in [0.25, 0.3) is 10.1 Å². The number of carbonyl (C=O) groups excluding carboxylic acids is 1. The zero-order valence-corrected chi connectivity index (χ0v) is 14.5. The molecule has 0 aliphatic carbocycles. The van der Waals surface area contributed by atoms with Gasteiger partial charge in [0.15, 0.2) is 0 Å². The maximum atomic E-state index is 12.6. The highest BCUT2D eigenvalue weighted by Gasteiger charge is 2.25. The summed E-state index contributed by atoms with van der Waals surface area (Å²) in [6.07, 6.45) is 1.36. The molecule has 25 heavy (non-hydrogen) atoms. The van der Waals surface area contributed by atoms with Crippen LogP contribution in [0.2, 0.25) is 0 Å². The van der Waals surface area contributed by atoms with Crippen molar-refractivity contribution in [1.82, 2.24) is 19.2 Å². The first-order valence-electron chi connectivity index (χ1n) is 8.08. The summed E-state index contributed by atoms with van der Waals surface area (Å²) in [5, 5.41) is 1.14. The quantitative estimate of drug-likeness (QED) is 0.756. The number of aromatic nitrogens is 3. The van der Waals surface area contributed by atoms with E-state index in [1.54, 1.807) is 11.8 Å². The van der Waals surface area contributed by atoms with Gasteiger partial charge in [-0.25, -0.2) is 4.98 Å². The van der Waals surface area contributed by atoms with Crippen LogP contribution in [0.5, 0.6) is 0 Å². The predicted molar refractivity (Wildman–Crippen MR) is 97.3 cm³/mol. The number of hydrogen-bond donors (Lipinski definition) is 1. The minimum absolute atomic E-state index is 0.0955. The number of benzene rings is 1. The van der Waals surface area contributed by atoms with Crippen LogP contribution >= 0.6 is 11.5 Å². The normalized spacial score (nSPS) is 14.9. The summed E-state index contributed by atoms with van der Waals surface area (Å²) in [7, 11) is 0. The van der Waals surface area contributed by atoms with Gasteiger partial charge in [-0.05, 0) is 30.6 Å². The van der Waals surface area contributed by atoms with Gasteiger partial charge in [0.1, 0.15) is 17.2 Å². The van der Waals surface area contributed by atoms with Gasteiger partial charge < -0.3 is 14.8 Å². The predicted octanol–water partition coefficient (Wildman–Crippen LogP) is 1.65. The largest absolute Gasteiger partial charge is 0.352 e. The zero-order valence-electron chi connectivity index (χ0n) is 13.7. The Morgan fingerprint density at radius 2 is 1.96 bits per heavy atom. The number of piperazine rings is 1. The molecule has 0 atom stereocenters. The van der Waals surface area contributed by atoms with Gasteiger partial charge in [-0.15, -0.1) is 0 Å². The molecular formula is C17H17N5O2S. The number of hydrogen-bond acceptors (Lipinski definition) is 6. The van der Waals surface area contributed by atoms with Crippen LogP contribution in [-0.4, -0.2) is 51.3 Å². The molecule has 1 fully saturated rings. The minimum Gasteiger partial charge on any atom is -0.352 e. The molecule has 7 nitrogen and oxygen atoms in total. The molecular weight excluding hydrogens is 338 g/mol. The number of carbonyl (C=O) groups is 1. The molecule has 1 aromatic carbocycles. The Morgan fingerprint density at radius 1 is 1.20 bits per heavy atom. The van der Waals surface area contributed by atoms with Crippen LogP contribution in [-0.2, 0) is 0 Å². The Labute approximate surface area is 148 Å². The van der Waals surface area contributed by atoms with Gasteiger partial charge in [-0.3, -0.25) is 9.59 Å². The lowest BCUT2D eigenvalue weighted by atomic mass is 10.2. The fourth-order valence-electron chi connectivity index (χ4n) is 3.03. The van der Waals surface area contributed by atoms with Crippen LogP contribution in [0, 0.1) is 6.92 Å². The van der Waals surface area contributed by atoms with E-state index in [2.05, 4.69) is 31.4 Å². The van der Waals surface area contributed by atoms with Crippen molar-refractivity contribution in [2.24, 2.45) is 0 Å². The average molecular weight is 355 g/mol. The van der Waals surface area contributed by atoms with Gasteiger partial charge in [0.2, 0.25) is 0 Å². The molecule has 8 heteroatoms. The lowest BCUT2D eigenvalue weighted by Crippen LogP contribution is -2.49. The summed E-state index contributed by atoms with van der Waals surface area (Å²) < 4.78 is 5.73. The van der Waals surface area contributed by atoms with Crippen molar-refractivity contribution in [2.45, 2.75) is 6.92 Å². The van der Waals surface area contributed by atoms with Crippen LogP contribution in [0.1, 0.15) is 16.2 Å². The summed E-state index contributed by atoms with van der Waals surface area (Å²) in [5.41, 5.74) is -0.288. The second-order valence-corrected chi connectivity index (χ2v) is 6.80. The summed E-state index contributed by atoms with van der Waals surface area (Å²) in [5.74, 6) is 1.21. The van der Waals surface area contributed by atoms with Crippen LogP contribution < -0.4 is 10.5 Å². The third-order valence-corrected chi connectivity index (χ3v) is 5.20. The topological polar surface area (TPSA) is 82.2 Å². The van der Waals surface area contributed by atoms with Crippen molar-refractivity contribution >= 4 is 33.3 Å². The first-order chi connectivity index (χ1) is 12.1. The highest BCUT2D eigenvalue weighted by atomic mass is 32.1. The molecule has 2 aromatic heterocycles. The molecule has 3 aromatic rings. The number of H-pyrrole nitrogens is 1. The summed E-state index contributed by atoms with van der Waals surface area (Å²) >= 11 is 1.49. The van der Waals surface area contributed by atoms with Crippen LogP contribution in [0.15, 0.2) is 35.3 Å². The number of nitrogens with one attached hydrogen (secondary N) is 1. The molecule has 4 rings (SSSR count). The van der Waals surface area contributed by atoms with Gasteiger partial charge in [-0.1, -0.05) is 12.1 Å². The van der Waals surface area contributed by atoms with Gasteiger partial charge in [0.25, 0.3) is 11.5 Å². The van der Waals surface area contributed by atoms with E-state index in [1.807, 2.05) is 12.1 Å². The Balaban J connectivity index is 1.49. The van der Waals surface area contributed by atoms with Crippen molar-refractivity contribution in [3.8, 4) is 0 Å². The lowest BCUT2D eigenvalue weighted by molar-refractivity contribution is 0.0744. The molecule has 1 saturated heterocycles. The number of fused-ring (bicyclic) bond motifs is 1. The molecule has 1 aliphatic rings. The number of rotatable bonds is 2. The molecule has 128 valence electrons. The number of anilines is 1. The average Bonchev–Trinajstić information content (AvgIpc) is 3.05. The fourth-order valence-corrected chi connectivity index (χ4v) is 3.82. The van der Waals surface area contributed by atoms with Crippen molar-refractivity contribution in [3.05, 3.63) is 52.2 Å². The van der Waals surface area contributed by atoms with E-state index in [0.29, 0.717) is 32.0 Å². The molecule has 0 saturated carbocycles. The van der Waals surface area contributed by atoms with E-state index in [4.69, 9.17) is 0 Å². The minimum atomic E-state index is -0.384. The van der Waals surface area contributed by atoms with Gasteiger partial charge in [0, 0.05) is 37.8 Å².